The number of nitrogens with one attached hydrogen (secondary N) is 1. The minimum absolute atomic E-state index is 0.235. The highest BCUT2D eigenvalue weighted by atomic mass is 19.1. The summed E-state index contributed by atoms with van der Waals surface area (Å²) in [7, 11) is 0. The molecule has 1 aliphatic rings. The lowest BCUT2D eigenvalue weighted by molar-refractivity contribution is 0.0740. The SMILES string of the molecule is CCOCC(C)(C)n1cc(-c2ccnc(NC3CCC(C)CC3)n2)n(-c2ccc(F)cc2)c1=O. The van der Waals surface area contributed by atoms with E-state index >= 15 is 0 Å². The maximum Gasteiger partial charge on any atom is 0.333 e. The normalized spacial score (nSPS) is 18.7. The van der Waals surface area contributed by atoms with Gasteiger partial charge in [-0.2, -0.15) is 0 Å². The molecule has 8 heteroatoms. The van der Waals surface area contributed by atoms with Crippen LogP contribution in [-0.2, 0) is 10.3 Å². The van der Waals surface area contributed by atoms with Crippen LogP contribution < -0.4 is 11.0 Å². The molecule has 2 aromatic heterocycles. The molecule has 0 radical (unpaired) electrons. The van der Waals surface area contributed by atoms with E-state index in [1.807, 2.05) is 20.8 Å². The van der Waals surface area contributed by atoms with Gasteiger partial charge in [0.1, 0.15) is 5.82 Å². The summed E-state index contributed by atoms with van der Waals surface area (Å²) < 4.78 is 22.5. The number of ether oxygens (including phenoxy) is 1. The lowest BCUT2D eigenvalue weighted by Crippen LogP contribution is -2.40. The number of imidazole rings is 1. The molecule has 0 atom stereocenters. The van der Waals surface area contributed by atoms with Crippen LogP contribution in [0.1, 0.15) is 53.4 Å². The fourth-order valence-electron chi connectivity index (χ4n) is 4.48. The number of anilines is 1. The van der Waals surface area contributed by atoms with Crippen molar-refractivity contribution >= 4 is 5.95 Å². The van der Waals surface area contributed by atoms with Crippen LogP contribution in [0, 0.1) is 11.7 Å². The molecule has 0 amide bonds. The molecule has 0 aliphatic heterocycles. The van der Waals surface area contributed by atoms with Gasteiger partial charge in [-0.05, 0) is 82.7 Å². The highest BCUT2D eigenvalue weighted by Gasteiger charge is 2.27. The molecule has 0 unspecified atom stereocenters. The first-order valence-corrected chi connectivity index (χ1v) is 12.1. The van der Waals surface area contributed by atoms with Crippen LogP contribution in [0.25, 0.3) is 17.1 Å². The molecule has 7 nitrogen and oxygen atoms in total. The summed E-state index contributed by atoms with van der Waals surface area (Å²) in [5.74, 6) is 0.955. The van der Waals surface area contributed by atoms with Crippen molar-refractivity contribution in [1.29, 1.82) is 0 Å². The van der Waals surface area contributed by atoms with Gasteiger partial charge in [0.25, 0.3) is 0 Å². The average Bonchev–Trinajstić information content (AvgIpc) is 3.18. The molecule has 1 aromatic carbocycles. The van der Waals surface area contributed by atoms with E-state index in [4.69, 9.17) is 9.72 Å². The number of rotatable bonds is 8. The summed E-state index contributed by atoms with van der Waals surface area (Å²) in [4.78, 5) is 22.8. The van der Waals surface area contributed by atoms with Crippen molar-refractivity contribution < 1.29 is 9.13 Å². The lowest BCUT2D eigenvalue weighted by atomic mass is 9.87. The average molecular weight is 468 g/mol. The van der Waals surface area contributed by atoms with Crippen LogP contribution in [-0.4, -0.2) is 38.4 Å². The van der Waals surface area contributed by atoms with Gasteiger partial charge in [0.05, 0.1) is 29.2 Å². The van der Waals surface area contributed by atoms with Gasteiger partial charge in [-0.25, -0.2) is 19.2 Å². The van der Waals surface area contributed by atoms with Crippen molar-refractivity contribution in [2.45, 2.75) is 65.0 Å². The van der Waals surface area contributed by atoms with Crippen LogP contribution in [0.5, 0.6) is 0 Å². The van der Waals surface area contributed by atoms with E-state index in [9.17, 15) is 9.18 Å². The summed E-state index contributed by atoms with van der Waals surface area (Å²) in [6, 6.07) is 8.05. The second-order valence-electron chi connectivity index (χ2n) is 9.79. The van der Waals surface area contributed by atoms with Crippen LogP contribution in [0.3, 0.4) is 0 Å². The van der Waals surface area contributed by atoms with Crippen LogP contribution in [0.4, 0.5) is 10.3 Å². The fourth-order valence-corrected chi connectivity index (χ4v) is 4.48. The molecule has 1 aliphatic carbocycles. The molecule has 0 bridgehead atoms. The smallest absolute Gasteiger partial charge is 0.333 e. The maximum absolute atomic E-state index is 13.6. The van der Waals surface area contributed by atoms with Crippen LogP contribution in [0.15, 0.2) is 47.5 Å². The Hall–Kier alpha value is -3.00. The van der Waals surface area contributed by atoms with Crippen molar-refractivity contribution in [3.8, 4) is 17.1 Å². The van der Waals surface area contributed by atoms with Gasteiger partial charge < -0.3 is 10.1 Å². The third-order valence-electron chi connectivity index (χ3n) is 6.55. The minimum Gasteiger partial charge on any atom is -0.379 e. The number of benzene rings is 1. The Morgan fingerprint density at radius 2 is 1.85 bits per heavy atom. The van der Waals surface area contributed by atoms with E-state index in [0.717, 1.165) is 18.8 Å². The Bertz CT molecular complexity index is 1160. The first kappa shape index (κ1) is 24.1. The number of halogens is 1. The van der Waals surface area contributed by atoms with Crippen molar-refractivity contribution in [2.24, 2.45) is 5.92 Å². The standard InChI is InChI=1S/C26H34FN5O2/c1-5-34-17-26(3,4)31-16-23(32(25(31)33)21-12-8-19(27)9-13-21)22-14-15-28-24(30-22)29-20-10-6-18(2)7-11-20/h8-9,12-16,18,20H,5-7,10-11,17H2,1-4H3,(H,28,29,30). The Kier molecular flexibility index (Phi) is 7.16. The third kappa shape index (κ3) is 5.22. The Morgan fingerprint density at radius 1 is 1.15 bits per heavy atom. The van der Waals surface area contributed by atoms with Crippen molar-refractivity contribution in [2.75, 3.05) is 18.5 Å². The van der Waals surface area contributed by atoms with Gasteiger partial charge in [-0.3, -0.25) is 9.13 Å². The summed E-state index contributed by atoms with van der Waals surface area (Å²) in [5, 5.41) is 3.47. The summed E-state index contributed by atoms with van der Waals surface area (Å²) in [5.41, 5.74) is 0.987. The summed E-state index contributed by atoms with van der Waals surface area (Å²) in [6.45, 7) is 9.08. The number of aromatic nitrogens is 4. The van der Waals surface area contributed by atoms with Crippen molar-refractivity contribution in [1.82, 2.24) is 19.1 Å². The van der Waals surface area contributed by atoms with E-state index in [-0.39, 0.29) is 11.5 Å². The van der Waals surface area contributed by atoms with Gasteiger partial charge in [0, 0.05) is 25.0 Å². The Labute approximate surface area is 200 Å². The van der Waals surface area contributed by atoms with Gasteiger partial charge in [0.2, 0.25) is 5.95 Å². The molecule has 1 saturated carbocycles. The zero-order valence-electron chi connectivity index (χ0n) is 20.4. The topological polar surface area (TPSA) is 74.0 Å². The highest BCUT2D eigenvalue weighted by molar-refractivity contribution is 5.59. The van der Waals surface area contributed by atoms with E-state index in [1.54, 1.807) is 39.7 Å². The maximum atomic E-state index is 13.6. The quantitative estimate of drug-likeness (QED) is 0.505. The Morgan fingerprint density at radius 3 is 2.53 bits per heavy atom. The van der Waals surface area contributed by atoms with Gasteiger partial charge in [0.15, 0.2) is 0 Å². The molecule has 182 valence electrons. The first-order chi connectivity index (χ1) is 16.3. The minimum atomic E-state index is -0.583. The fraction of sp³-hybridized carbons (Fsp3) is 0.500. The predicted octanol–water partition coefficient (Wildman–Crippen LogP) is 5.00. The second kappa shape index (κ2) is 10.1. The zero-order chi connectivity index (χ0) is 24.3. The van der Waals surface area contributed by atoms with Gasteiger partial charge >= 0.3 is 5.69 Å². The Balaban J connectivity index is 1.75. The van der Waals surface area contributed by atoms with Crippen LogP contribution in [0.2, 0.25) is 0 Å². The predicted molar refractivity (Wildman–Crippen MR) is 132 cm³/mol. The monoisotopic (exact) mass is 467 g/mol. The molecular weight excluding hydrogens is 433 g/mol. The zero-order valence-corrected chi connectivity index (χ0v) is 20.4. The molecule has 3 aromatic rings. The highest BCUT2D eigenvalue weighted by Crippen LogP contribution is 2.27. The second-order valence-corrected chi connectivity index (χ2v) is 9.79. The number of hydrogen-bond donors (Lipinski definition) is 1. The lowest BCUT2D eigenvalue weighted by Gasteiger charge is -2.26. The summed E-state index contributed by atoms with van der Waals surface area (Å²) in [6.07, 6.45) is 8.09. The van der Waals surface area contributed by atoms with Crippen molar-refractivity contribution in [3.05, 3.63) is 59.0 Å². The molecule has 0 saturated heterocycles. The van der Waals surface area contributed by atoms with E-state index in [1.165, 1.54) is 25.0 Å². The molecule has 4 rings (SSSR count). The molecular formula is C26H34FN5O2. The van der Waals surface area contributed by atoms with Crippen molar-refractivity contribution in [3.63, 3.8) is 0 Å². The third-order valence-corrected chi connectivity index (χ3v) is 6.55. The van der Waals surface area contributed by atoms with E-state index in [0.29, 0.717) is 42.3 Å². The summed E-state index contributed by atoms with van der Waals surface area (Å²) >= 11 is 0. The number of hydrogen-bond acceptors (Lipinski definition) is 5. The molecule has 2 heterocycles. The van der Waals surface area contributed by atoms with Crippen LogP contribution >= 0.6 is 0 Å². The van der Waals surface area contributed by atoms with E-state index < -0.39 is 5.54 Å². The number of nitrogens with zero attached hydrogens (tertiary/aromatic N) is 4. The van der Waals surface area contributed by atoms with Gasteiger partial charge in [-0.1, -0.05) is 6.92 Å². The largest absolute Gasteiger partial charge is 0.379 e. The molecule has 34 heavy (non-hydrogen) atoms. The molecule has 1 N–H and O–H groups in total. The molecule has 0 spiro atoms. The first-order valence-electron chi connectivity index (χ1n) is 12.1. The molecule has 1 fully saturated rings. The van der Waals surface area contributed by atoms with Gasteiger partial charge in [-0.15, -0.1) is 0 Å². The van der Waals surface area contributed by atoms with E-state index in [2.05, 4.69) is 17.2 Å².